The molecule has 0 radical (unpaired) electrons. The number of amides is 2. The van der Waals surface area contributed by atoms with Gasteiger partial charge in [0, 0.05) is 36.8 Å². The number of benzene rings is 2. The number of aromatic nitrogens is 1. The van der Waals surface area contributed by atoms with Crippen molar-refractivity contribution in [1.29, 1.82) is 0 Å². The molecule has 0 fully saturated rings. The lowest BCUT2D eigenvalue weighted by atomic mass is 10.1. The Kier molecular flexibility index (Phi) is 6.21. The highest BCUT2D eigenvalue weighted by molar-refractivity contribution is 5.99. The molecular formula is C24H22FN3O3. The van der Waals surface area contributed by atoms with Crippen LogP contribution in [0.25, 0.3) is 0 Å². The highest BCUT2D eigenvalue weighted by Crippen LogP contribution is 2.37. The summed E-state index contributed by atoms with van der Waals surface area (Å²) < 4.78 is 19.6. The zero-order chi connectivity index (χ0) is 21.6. The standard InChI is InChI=1S/C24H22FN3O3/c25-19-11-5-4-10-18(19)16-27-21(29)13-7-15-28-23-20(12-6-14-26-23)31-22(24(28)30)17-8-2-1-3-9-17/h1-6,8-12,14,22H,7,13,15-16H2,(H,27,29). The first-order valence-electron chi connectivity index (χ1n) is 10.1. The third kappa shape index (κ3) is 4.71. The van der Waals surface area contributed by atoms with Gasteiger partial charge in [0.15, 0.2) is 11.6 Å². The molecular weight excluding hydrogens is 397 g/mol. The Morgan fingerprint density at radius 1 is 1.06 bits per heavy atom. The molecule has 158 valence electrons. The van der Waals surface area contributed by atoms with Gasteiger partial charge in [0.25, 0.3) is 5.91 Å². The highest BCUT2D eigenvalue weighted by atomic mass is 19.1. The van der Waals surface area contributed by atoms with Gasteiger partial charge in [0.2, 0.25) is 12.0 Å². The van der Waals surface area contributed by atoms with E-state index >= 15 is 0 Å². The van der Waals surface area contributed by atoms with Crippen molar-refractivity contribution >= 4 is 17.6 Å². The van der Waals surface area contributed by atoms with Crippen molar-refractivity contribution < 1.29 is 18.7 Å². The van der Waals surface area contributed by atoms with Crippen LogP contribution in [0.15, 0.2) is 72.9 Å². The van der Waals surface area contributed by atoms with Gasteiger partial charge in [-0.25, -0.2) is 9.37 Å². The zero-order valence-corrected chi connectivity index (χ0v) is 16.8. The van der Waals surface area contributed by atoms with E-state index in [1.54, 1.807) is 41.4 Å². The van der Waals surface area contributed by atoms with Gasteiger partial charge in [-0.1, -0.05) is 48.5 Å². The van der Waals surface area contributed by atoms with Gasteiger partial charge in [-0.05, 0) is 24.6 Å². The van der Waals surface area contributed by atoms with E-state index in [1.165, 1.54) is 6.07 Å². The number of fused-ring (bicyclic) bond motifs is 1. The predicted molar refractivity (Wildman–Crippen MR) is 114 cm³/mol. The van der Waals surface area contributed by atoms with Gasteiger partial charge in [-0.2, -0.15) is 0 Å². The molecule has 1 aromatic heterocycles. The van der Waals surface area contributed by atoms with Crippen LogP contribution in [-0.2, 0) is 16.1 Å². The average molecular weight is 419 g/mol. The Labute approximate surface area is 179 Å². The summed E-state index contributed by atoms with van der Waals surface area (Å²) in [4.78, 5) is 31.2. The Balaban J connectivity index is 1.39. The zero-order valence-electron chi connectivity index (χ0n) is 16.8. The third-order valence-corrected chi connectivity index (χ3v) is 5.06. The van der Waals surface area contributed by atoms with Crippen molar-refractivity contribution in [3.8, 4) is 5.75 Å². The van der Waals surface area contributed by atoms with Crippen molar-refractivity contribution in [1.82, 2.24) is 10.3 Å². The molecule has 2 heterocycles. The van der Waals surface area contributed by atoms with Gasteiger partial charge < -0.3 is 10.1 Å². The Morgan fingerprint density at radius 2 is 1.84 bits per heavy atom. The third-order valence-electron chi connectivity index (χ3n) is 5.06. The van der Waals surface area contributed by atoms with Crippen molar-refractivity contribution in [2.45, 2.75) is 25.5 Å². The summed E-state index contributed by atoms with van der Waals surface area (Å²) in [5.41, 5.74) is 1.19. The molecule has 1 N–H and O–H groups in total. The monoisotopic (exact) mass is 419 g/mol. The number of carbonyl (C=O) groups is 2. The molecule has 31 heavy (non-hydrogen) atoms. The van der Waals surface area contributed by atoms with Crippen LogP contribution in [-0.4, -0.2) is 23.3 Å². The van der Waals surface area contributed by atoms with Crippen molar-refractivity contribution in [3.05, 3.63) is 89.9 Å². The van der Waals surface area contributed by atoms with Crippen molar-refractivity contribution in [2.24, 2.45) is 0 Å². The minimum Gasteiger partial charge on any atom is -0.472 e. The van der Waals surface area contributed by atoms with Crippen LogP contribution in [0.1, 0.15) is 30.1 Å². The SMILES string of the molecule is O=C(CCCN1C(=O)C(c2ccccc2)Oc2cccnc21)NCc1ccccc1F. The molecule has 1 unspecified atom stereocenters. The Bertz CT molecular complexity index is 1070. The van der Waals surface area contributed by atoms with Crippen LogP contribution >= 0.6 is 0 Å². The maximum absolute atomic E-state index is 13.7. The first-order valence-corrected chi connectivity index (χ1v) is 10.1. The fraction of sp³-hybridized carbons (Fsp3) is 0.208. The van der Waals surface area contributed by atoms with Crippen LogP contribution < -0.4 is 15.0 Å². The second-order valence-corrected chi connectivity index (χ2v) is 7.20. The summed E-state index contributed by atoms with van der Waals surface area (Å²) in [6.45, 7) is 0.450. The Hall–Kier alpha value is -3.74. The maximum atomic E-state index is 13.7. The smallest absolute Gasteiger partial charge is 0.274 e. The van der Waals surface area contributed by atoms with Crippen LogP contribution in [0, 0.1) is 5.82 Å². The second-order valence-electron chi connectivity index (χ2n) is 7.20. The lowest BCUT2D eigenvalue weighted by molar-refractivity contribution is -0.127. The maximum Gasteiger partial charge on any atom is 0.274 e. The van der Waals surface area contributed by atoms with E-state index in [0.717, 1.165) is 5.56 Å². The number of rotatable bonds is 7. The summed E-state index contributed by atoms with van der Waals surface area (Å²) in [6, 6.07) is 19.1. The molecule has 1 atom stereocenters. The Morgan fingerprint density at radius 3 is 2.65 bits per heavy atom. The highest BCUT2D eigenvalue weighted by Gasteiger charge is 2.36. The molecule has 0 spiro atoms. The number of pyridine rings is 1. The first kappa shape index (κ1) is 20.5. The van der Waals surface area contributed by atoms with E-state index in [0.29, 0.717) is 30.1 Å². The topological polar surface area (TPSA) is 71.5 Å². The fourth-order valence-corrected chi connectivity index (χ4v) is 3.48. The fourth-order valence-electron chi connectivity index (χ4n) is 3.48. The number of ether oxygens (including phenoxy) is 1. The minimum absolute atomic E-state index is 0.127. The number of hydrogen-bond donors (Lipinski definition) is 1. The summed E-state index contributed by atoms with van der Waals surface area (Å²) in [7, 11) is 0. The molecule has 3 aromatic rings. The van der Waals surface area contributed by atoms with E-state index in [-0.39, 0.29) is 30.6 Å². The molecule has 4 rings (SSSR count). The van der Waals surface area contributed by atoms with E-state index in [4.69, 9.17) is 4.74 Å². The van der Waals surface area contributed by atoms with Crippen molar-refractivity contribution in [2.75, 3.05) is 11.4 Å². The molecule has 2 aromatic carbocycles. The van der Waals surface area contributed by atoms with E-state index in [9.17, 15) is 14.0 Å². The molecule has 1 aliphatic heterocycles. The lowest BCUT2D eigenvalue weighted by Crippen LogP contribution is -2.42. The van der Waals surface area contributed by atoms with Crippen LogP contribution in [0.4, 0.5) is 10.2 Å². The van der Waals surface area contributed by atoms with E-state index in [2.05, 4.69) is 10.3 Å². The molecule has 6 nitrogen and oxygen atoms in total. The van der Waals surface area contributed by atoms with Gasteiger partial charge in [-0.3, -0.25) is 14.5 Å². The molecule has 1 aliphatic rings. The van der Waals surface area contributed by atoms with Crippen LogP contribution in [0.2, 0.25) is 0 Å². The normalized spacial score (nSPS) is 15.2. The lowest BCUT2D eigenvalue weighted by Gasteiger charge is -2.33. The van der Waals surface area contributed by atoms with E-state index in [1.807, 2.05) is 30.3 Å². The van der Waals surface area contributed by atoms with Gasteiger partial charge in [0.1, 0.15) is 5.82 Å². The van der Waals surface area contributed by atoms with E-state index < -0.39 is 6.10 Å². The molecule has 0 saturated carbocycles. The van der Waals surface area contributed by atoms with Gasteiger partial charge >= 0.3 is 0 Å². The molecule has 0 saturated heterocycles. The van der Waals surface area contributed by atoms with Crippen LogP contribution in [0.5, 0.6) is 5.75 Å². The summed E-state index contributed by atoms with van der Waals surface area (Å²) in [6.07, 6.45) is 1.49. The number of carbonyl (C=O) groups excluding carboxylic acids is 2. The summed E-state index contributed by atoms with van der Waals surface area (Å²) in [5, 5.41) is 2.72. The molecule has 0 bridgehead atoms. The second kappa shape index (κ2) is 9.38. The summed E-state index contributed by atoms with van der Waals surface area (Å²) in [5.74, 6) is 0.205. The number of anilines is 1. The minimum atomic E-state index is -0.757. The van der Waals surface area contributed by atoms with Crippen molar-refractivity contribution in [3.63, 3.8) is 0 Å². The molecule has 0 aliphatic carbocycles. The molecule has 7 heteroatoms. The number of hydrogen-bond acceptors (Lipinski definition) is 4. The first-order chi connectivity index (χ1) is 15.1. The van der Waals surface area contributed by atoms with Crippen LogP contribution in [0.3, 0.4) is 0 Å². The average Bonchev–Trinajstić information content (AvgIpc) is 2.80. The van der Waals surface area contributed by atoms with Gasteiger partial charge in [-0.15, -0.1) is 0 Å². The number of halogens is 1. The number of nitrogens with one attached hydrogen (secondary N) is 1. The molecule has 2 amide bonds. The van der Waals surface area contributed by atoms with Gasteiger partial charge in [0.05, 0.1) is 0 Å². The largest absolute Gasteiger partial charge is 0.472 e. The predicted octanol–water partition coefficient (Wildman–Crippen LogP) is 3.78. The summed E-state index contributed by atoms with van der Waals surface area (Å²) >= 11 is 0. The number of nitrogens with zero attached hydrogens (tertiary/aromatic N) is 2. The quantitative estimate of drug-likeness (QED) is 0.633.